The van der Waals surface area contributed by atoms with Crippen molar-refractivity contribution < 1.29 is 9.18 Å². The summed E-state index contributed by atoms with van der Waals surface area (Å²) in [4.78, 5) is 20.9. The minimum absolute atomic E-state index is 0.165. The molecule has 0 saturated carbocycles. The van der Waals surface area contributed by atoms with Gasteiger partial charge in [0, 0.05) is 27.1 Å². The van der Waals surface area contributed by atoms with Crippen molar-refractivity contribution >= 4 is 46.4 Å². The van der Waals surface area contributed by atoms with Crippen molar-refractivity contribution in [3.63, 3.8) is 0 Å². The van der Waals surface area contributed by atoms with Crippen molar-refractivity contribution in [2.75, 3.05) is 10.6 Å². The van der Waals surface area contributed by atoms with Crippen LogP contribution in [-0.2, 0) is 0 Å². The zero-order valence-corrected chi connectivity index (χ0v) is 15.1. The molecule has 8 heteroatoms. The average Bonchev–Trinajstić information content (AvgIpc) is 2.55. The topological polar surface area (TPSA) is 66.9 Å². The number of nitrogens with zero attached hydrogens (tertiary/aromatic N) is 2. The van der Waals surface area contributed by atoms with Crippen LogP contribution in [0.1, 0.15) is 16.2 Å². The summed E-state index contributed by atoms with van der Waals surface area (Å²) < 4.78 is 13.0. The lowest BCUT2D eigenvalue weighted by atomic mass is 10.2. The second-order valence-electron chi connectivity index (χ2n) is 5.46. The fraction of sp³-hybridized carbons (Fsp3) is 0.0556. The molecule has 132 valence electrons. The van der Waals surface area contributed by atoms with E-state index in [0.29, 0.717) is 27.1 Å². The molecule has 26 heavy (non-hydrogen) atoms. The third-order valence-electron chi connectivity index (χ3n) is 3.31. The molecule has 0 saturated heterocycles. The number of hydrogen-bond donors (Lipinski definition) is 2. The van der Waals surface area contributed by atoms with Crippen molar-refractivity contribution in [2.45, 2.75) is 6.92 Å². The minimum atomic E-state index is -0.434. The van der Waals surface area contributed by atoms with Gasteiger partial charge in [0.05, 0.1) is 0 Å². The zero-order valence-electron chi connectivity index (χ0n) is 13.6. The second kappa shape index (κ2) is 7.68. The highest BCUT2D eigenvalue weighted by molar-refractivity contribution is 6.35. The number of benzene rings is 2. The molecule has 0 spiro atoms. The van der Waals surface area contributed by atoms with E-state index in [9.17, 15) is 9.18 Å². The lowest BCUT2D eigenvalue weighted by Crippen LogP contribution is -2.15. The molecular weight excluding hydrogens is 378 g/mol. The van der Waals surface area contributed by atoms with Crippen molar-refractivity contribution in [3.05, 3.63) is 75.8 Å². The van der Waals surface area contributed by atoms with Crippen LogP contribution in [0.3, 0.4) is 0 Å². The van der Waals surface area contributed by atoms with Gasteiger partial charge in [-0.25, -0.2) is 14.4 Å². The standard InChI is InChI=1S/C18H13Cl2FN4O/c1-10-6-16(17(26)23-15-8-11(19)7-12(20)9-15)25-18(22-10)24-14-4-2-13(21)3-5-14/h2-9H,1H3,(H,23,26)(H,22,24,25). The number of hydrogen-bond acceptors (Lipinski definition) is 4. The Hall–Kier alpha value is -2.70. The second-order valence-corrected chi connectivity index (χ2v) is 6.34. The van der Waals surface area contributed by atoms with Gasteiger partial charge in [0.15, 0.2) is 0 Å². The SMILES string of the molecule is Cc1cc(C(=O)Nc2cc(Cl)cc(Cl)c2)nc(Nc2ccc(F)cc2)n1. The van der Waals surface area contributed by atoms with Crippen LogP contribution in [0, 0.1) is 12.7 Å². The first kappa shape index (κ1) is 18.1. The van der Waals surface area contributed by atoms with Crippen LogP contribution in [0.5, 0.6) is 0 Å². The lowest BCUT2D eigenvalue weighted by molar-refractivity contribution is 0.102. The van der Waals surface area contributed by atoms with E-state index in [0.717, 1.165) is 0 Å². The largest absolute Gasteiger partial charge is 0.324 e. The van der Waals surface area contributed by atoms with E-state index in [1.807, 2.05) is 0 Å². The Morgan fingerprint density at radius 1 is 0.962 bits per heavy atom. The van der Waals surface area contributed by atoms with E-state index in [-0.39, 0.29) is 17.5 Å². The first-order valence-electron chi connectivity index (χ1n) is 7.55. The van der Waals surface area contributed by atoms with Gasteiger partial charge in [-0.15, -0.1) is 0 Å². The molecule has 0 radical (unpaired) electrons. The van der Waals surface area contributed by atoms with Crippen LogP contribution in [0.25, 0.3) is 0 Å². The molecule has 3 rings (SSSR count). The Bertz CT molecular complexity index is 944. The number of aryl methyl sites for hydroxylation is 1. The van der Waals surface area contributed by atoms with Crippen LogP contribution in [0.4, 0.5) is 21.7 Å². The van der Waals surface area contributed by atoms with Crippen LogP contribution in [0.2, 0.25) is 10.0 Å². The molecule has 0 unspecified atom stereocenters. The van der Waals surface area contributed by atoms with Gasteiger partial charge in [-0.1, -0.05) is 23.2 Å². The Labute approximate surface area is 159 Å². The highest BCUT2D eigenvalue weighted by Crippen LogP contribution is 2.23. The highest BCUT2D eigenvalue weighted by Gasteiger charge is 2.12. The third-order valence-corrected chi connectivity index (χ3v) is 3.74. The summed E-state index contributed by atoms with van der Waals surface area (Å²) in [7, 11) is 0. The van der Waals surface area contributed by atoms with Crippen molar-refractivity contribution in [1.82, 2.24) is 9.97 Å². The van der Waals surface area contributed by atoms with Gasteiger partial charge in [0.25, 0.3) is 5.91 Å². The number of carbonyl (C=O) groups is 1. The van der Waals surface area contributed by atoms with E-state index in [4.69, 9.17) is 23.2 Å². The smallest absolute Gasteiger partial charge is 0.274 e. The van der Waals surface area contributed by atoms with Gasteiger partial charge in [-0.3, -0.25) is 4.79 Å². The maximum atomic E-state index is 13.0. The van der Waals surface area contributed by atoms with Gasteiger partial charge in [0.1, 0.15) is 11.5 Å². The van der Waals surface area contributed by atoms with E-state index in [2.05, 4.69) is 20.6 Å². The number of rotatable bonds is 4. The Morgan fingerprint density at radius 3 is 2.27 bits per heavy atom. The summed E-state index contributed by atoms with van der Waals surface area (Å²) in [6.07, 6.45) is 0. The van der Waals surface area contributed by atoms with Crippen LogP contribution >= 0.6 is 23.2 Å². The first-order valence-corrected chi connectivity index (χ1v) is 8.30. The number of halogens is 3. The summed E-state index contributed by atoms with van der Waals surface area (Å²) in [5.41, 5.74) is 1.82. The predicted octanol–water partition coefficient (Wildman–Crippen LogP) is 5.23. The van der Waals surface area contributed by atoms with Crippen LogP contribution < -0.4 is 10.6 Å². The van der Waals surface area contributed by atoms with Gasteiger partial charge >= 0.3 is 0 Å². The van der Waals surface area contributed by atoms with Crippen LogP contribution in [0.15, 0.2) is 48.5 Å². The number of nitrogens with one attached hydrogen (secondary N) is 2. The van der Waals surface area contributed by atoms with Gasteiger partial charge in [-0.05, 0) is 55.5 Å². The zero-order chi connectivity index (χ0) is 18.7. The molecule has 1 heterocycles. The quantitative estimate of drug-likeness (QED) is 0.640. The molecule has 1 amide bonds. The molecule has 0 aliphatic rings. The Morgan fingerprint density at radius 2 is 1.62 bits per heavy atom. The summed E-state index contributed by atoms with van der Waals surface area (Å²) in [6.45, 7) is 1.74. The van der Waals surface area contributed by atoms with Crippen molar-refractivity contribution in [2.24, 2.45) is 0 Å². The van der Waals surface area contributed by atoms with Crippen molar-refractivity contribution in [1.29, 1.82) is 0 Å². The fourth-order valence-electron chi connectivity index (χ4n) is 2.22. The molecular formula is C18H13Cl2FN4O. The number of amides is 1. The predicted molar refractivity (Wildman–Crippen MR) is 101 cm³/mol. The fourth-order valence-corrected chi connectivity index (χ4v) is 2.75. The monoisotopic (exact) mass is 390 g/mol. The molecule has 0 fully saturated rings. The Kier molecular flexibility index (Phi) is 5.35. The maximum absolute atomic E-state index is 13.0. The lowest BCUT2D eigenvalue weighted by Gasteiger charge is -2.09. The molecule has 2 aromatic carbocycles. The van der Waals surface area contributed by atoms with E-state index in [1.54, 1.807) is 43.3 Å². The average molecular weight is 391 g/mol. The molecule has 5 nitrogen and oxygen atoms in total. The molecule has 0 atom stereocenters. The van der Waals surface area contributed by atoms with Gasteiger partial charge < -0.3 is 10.6 Å². The van der Waals surface area contributed by atoms with Gasteiger partial charge in [-0.2, -0.15) is 0 Å². The number of aromatic nitrogens is 2. The first-order chi connectivity index (χ1) is 12.4. The van der Waals surface area contributed by atoms with E-state index >= 15 is 0 Å². The Balaban J connectivity index is 1.82. The number of carbonyl (C=O) groups excluding carboxylic acids is 1. The third kappa shape index (κ3) is 4.68. The molecule has 3 aromatic rings. The van der Waals surface area contributed by atoms with E-state index in [1.165, 1.54) is 12.1 Å². The summed E-state index contributed by atoms with van der Waals surface area (Å²) in [5, 5.41) is 6.44. The molecule has 0 aliphatic carbocycles. The summed E-state index contributed by atoms with van der Waals surface area (Å²) >= 11 is 11.9. The van der Waals surface area contributed by atoms with Crippen LogP contribution in [-0.4, -0.2) is 15.9 Å². The molecule has 2 N–H and O–H groups in total. The summed E-state index contributed by atoms with van der Waals surface area (Å²) in [6, 6.07) is 12.0. The van der Waals surface area contributed by atoms with Crippen molar-refractivity contribution in [3.8, 4) is 0 Å². The molecule has 0 aliphatic heterocycles. The minimum Gasteiger partial charge on any atom is -0.324 e. The highest BCUT2D eigenvalue weighted by atomic mass is 35.5. The summed E-state index contributed by atoms with van der Waals surface area (Å²) in [5.74, 6) is -0.553. The number of anilines is 3. The van der Waals surface area contributed by atoms with E-state index < -0.39 is 5.91 Å². The maximum Gasteiger partial charge on any atom is 0.274 e. The molecule has 0 bridgehead atoms. The normalized spacial score (nSPS) is 10.5. The van der Waals surface area contributed by atoms with Gasteiger partial charge in [0.2, 0.25) is 5.95 Å². The molecule has 1 aromatic heterocycles.